The maximum absolute atomic E-state index is 14.8. The van der Waals surface area contributed by atoms with E-state index in [0.29, 0.717) is 103 Å². The summed E-state index contributed by atoms with van der Waals surface area (Å²) in [5.74, 6) is -3.73. The monoisotopic (exact) mass is 1480 g/mol. The van der Waals surface area contributed by atoms with Gasteiger partial charge in [-0.1, -0.05) is 44.2 Å². The van der Waals surface area contributed by atoms with Gasteiger partial charge >= 0.3 is 24.3 Å². The fraction of sp³-hybridized carbons (Fsp3) is 0.438. The van der Waals surface area contributed by atoms with Crippen molar-refractivity contribution in [1.29, 1.82) is 0 Å². The Morgan fingerprint density at radius 3 is 2.15 bits per heavy atom. The summed E-state index contributed by atoms with van der Waals surface area (Å²) in [6, 6.07) is 21.8. The number of methoxy groups -OCH3 is 1. The lowest BCUT2D eigenvalue weighted by Crippen LogP contribution is -2.46. The number of benzene rings is 4. The van der Waals surface area contributed by atoms with E-state index in [-0.39, 0.29) is 115 Å². The molecule has 4 aromatic carbocycles. The molecule has 0 saturated carbocycles. The standard InChI is InChI=1S/C73H90ClN11O20/c1-46(2)65(81-71(94)103-28-25-84-61(88)19-20-62(84)89)59(87)40-50(9-7-21-76-70(75)93)68(91)78-53-15-11-48(12-16-53)45-104-72(95)82(4)22-23-83(24-27-98-29-26-86)73(96)105-60-41-58-64(63-47(3)8-6-10-56(60)63)52(42-74)44-85(58)69(92)57-39-51-38-54(43-77-66(51)80-57)79-67(90)49-13-17-55(18-14-49)102-37-36-101-35-34-100-33-32-99-31-30-97-5/h6,8,10-20,38-39,41,43,46,50,52,65,86H,7,9,21-37,40,42,44-45H2,1-5H3,(H,77,80)(H,78,91)(H,79,90)(H,81,94)(H3,75,76,93)/t50-,52-,65+/m1/s1. The number of amides is 10. The molecule has 2 aromatic heterocycles. The van der Waals surface area contributed by atoms with Gasteiger partial charge in [0.2, 0.25) is 5.91 Å². The maximum atomic E-state index is 14.8. The summed E-state index contributed by atoms with van der Waals surface area (Å²) in [5, 5.41) is 22.0. The van der Waals surface area contributed by atoms with Gasteiger partial charge in [-0.25, -0.2) is 24.2 Å². The number of Topliss-reactive ketones (excluding diaryl/α,β-unsaturated/α-hetero) is 1. The Kier molecular flexibility index (Phi) is 31.2. The molecule has 0 aliphatic carbocycles. The first-order valence-corrected chi connectivity index (χ1v) is 34.8. The number of hydrogen-bond donors (Lipinski definition) is 7. The van der Waals surface area contributed by atoms with E-state index in [1.807, 2.05) is 25.1 Å². The molecule has 10 amide bonds. The number of aromatic amines is 1. The molecule has 0 spiro atoms. The number of aromatic nitrogens is 2. The number of carbonyl (C=O) groups excluding carboxylic acids is 10. The zero-order valence-electron chi connectivity index (χ0n) is 59.3. The van der Waals surface area contributed by atoms with Crippen LogP contribution in [0.25, 0.3) is 21.8 Å². The lowest BCUT2D eigenvalue weighted by Gasteiger charge is -2.26. The molecule has 32 heteroatoms. The first-order valence-electron chi connectivity index (χ1n) is 34.3. The van der Waals surface area contributed by atoms with E-state index in [4.69, 9.17) is 60.0 Å². The number of anilines is 3. The van der Waals surface area contributed by atoms with E-state index >= 15 is 0 Å². The third-order valence-electron chi connectivity index (χ3n) is 17.0. The molecule has 0 unspecified atom stereocenters. The number of nitrogens with one attached hydrogen (secondary N) is 5. The largest absolute Gasteiger partial charge is 0.491 e. The summed E-state index contributed by atoms with van der Waals surface area (Å²) in [6.45, 7) is 7.98. The molecule has 105 heavy (non-hydrogen) atoms. The maximum Gasteiger partial charge on any atom is 0.415 e. The molecule has 564 valence electrons. The van der Waals surface area contributed by atoms with Gasteiger partial charge in [-0.2, -0.15) is 0 Å². The SMILES string of the molecule is COCCOCCOCCOCCOc1ccc(C(=O)Nc2cnc3[nH]c(C(=O)N4C[C@@H](CCl)c5c4cc(OC(=O)N(CCOCCO)CCN(C)C(=O)OCc4ccc(NC(=O)[C@H](CCCNC(N)=O)CC(=O)[C@@H](NC(=O)OCCN6C(=O)C=CC6=O)C(C)C)cc4)c4cccc(C)c54)cc3c2)cc1. The Bertz CT molecular complexity index is 4010. The average molecular weight is 1480 g/mol. The smallest absolute Gasteiger partial charge is 0.415 e. The number of aliphatic hydroxyl groups excluding tert-OH is 1. The first kappa shape index (κ1) is 80.4. The number of H-pyrrole nitrogens is 1. The zero-order valence-corrected chi connectivity index (χ0v) is 60.0. The number of primary amides is 1. The zero-order chi connectivity index (χ0) is 75.4. The molecule has 0 bridgehead atoms. The van der Waals surface area contributed by atoms with Crippen molar-refractivity contribution < 1.29 is 95.7 Å². The fourth-order valence-corrected chi connectivity index (χ4v) is 11.8. The highest BCUT2D eigenvalue weighted by molar-refractivity contribution is 6.20. The number of ether oxygens (including phenoxy) is 9. The number of fused-ring (bicyclic) bond motifs is 4. The van der Waals surface area contributed by atoms with Crippen LogP contribution in [0.1, 0.15) is 76.6 Å². The van der Waals surface area contributed by atoms with Crippen molar-refractivity contribution in [2.24, 2.45) is 17.6 Å². The van der Waals surface area contributed by atoms with Crippen molar-refractivity contribution in [3.63, 3.8) is 0 Å². The van der Waals surface area contributed by atoms with Crippen molar-refractivity contribution >= 4 is 110 Å². The Hall–Kier alpha value is -10.3. The van der Waals surface area contributed by atoms with Crippen molar-refractivity contribution in [1.82, 2.24) is 35.3 Å². The van der Waals surface area contributed by atoms with Gasteiger partial charge in [0.1, 0.15) is 42.7 Å². The van der Waals surface area contributed by atoms with Gasteiger partial charge in [0, 0.05) is 111 Å². The molecule has 0 saturated heterocycles. The topological polar surface area (TPSA) is 390 Å². The third kappa shape index (κ3) is 23.6. The highest BCUT2D eigenvalue weighted by Crippen LogP contribution is 2.47. The summed E-state index contributed by atoms with van der Waals surface area (Å²) in [7, 11) is 3.10. The van der Waals surface area contributed by atoms with E-state index in [1.165, 1.54) is 23.0 Å². The second-order valence-electron chi connectivity index (χ2n) is 24.9. The van der Waals surface area contributed by atoms with Crippen LogP contribution in [0.4, 0.5) is 36.2 Å². The summed E-state index contributed by atoms with van der Waals surface area (Å²) < 4.78 is 49.8. The highest BCUT2D eigenvalue weighted by atomic mass is 35.5. The molecule has 0 radical (unpaired) electrons. The Labute approximate surface area is 611 Å². The number of nitrogens with zero attached hydrogens (tertiary/aromatic N) is 5. The van der Waals surface area contributed by atoms with Gasteiger partial charge in [-0.05, 0) is 96.3 Å². The molecule has 8 N–H and O–H groups in total. The van der Waals surface area contributed by atoms with Crippen LogP contribution in [0.3, 0.4) is 0 Å². The van der Waals surface area contributed by atoms with Crippen LogP contribution in [0.2, 0.25) is 0 Å². The van der Waals surface area contributed by atoms with E-state index in [1.54, 1.807) is 92.6 Å². The van der Waals surface area contributed by atoms with Crippen molar-refractivity contribution in [2.45, 2.75) is 58.6 Å². The third-order valence-corrected chi connectivity index (χ3v) is 17.4. The minimum absolute atomic E-state index is 0.00149. The van der Waals surface area contributed by atoms with Crippen LogP contribution in [-0.2, 0) is 58.9 Å². The molecular formula is C73H90ClN11O20. The quantitative estimate of drug-likeness (QED) is 0.0115. The van der Waals surface area contributed by atoms with Crippen LogP contribution in [0.5, 0.6) is 11.5 Å². The molecule has 3 atom stereocenters. The molecule has 6 aromatic rings. The number of likely N-dealkylation sites (N-methyl/N-ethyl adjacent to an activating group) is 1. The highest BCUT2D eigenvalue weighted by Gasteiger charge is 2.37. The summed E-state index contributed by atoms with van der Waals surface area (Å²) in [6.07, 6.45) is 1.29. The number of ketones is 1. The van der Waals surface area contributed by atoms with Gasteiger partial charge in [0.15, 0.2) is 5.78 Å². The van der Waals surface area contributed by atoms with Crippen molar-refractivity contribution in [2.75, 3.05) is 154 Å². The predicted octanol–water partition coefficient (Wildman–Crippen LogP) is 7.05. The lowest BCUT2D eigenvalue weighted by molar-refractivity contribution is -0.137. The van der Waals surface area contributed by atoms with Gasteiger partial charge in [-0.15, -0.1) is 11.6 Å². The molecule has 0 fully saturated rings. The van der Waals surface area contributed by atoms with E-state index in [2.05, 4.69) is 31.2 Å². The van der Waals surface area contributed by atoms with Crippen molar-refractivity contribution in [3.8, 4) is 11.5 Å². The molecule has 4 heterocycles. The predicted molar refractivity (Wildman–Crippen MR) is 386 cm³/mol. The van der Waals surface area contributed by atoms with Gasteiger partial charge in [0.25, 0.3) is 23.6 Å². The second-order valence-corrected chi connectivity index (χ2v) is 25.2. The van der Waals surface area contributed by atoms with E-state index in [9.17, 15) is 53.1 Å². The van der Waals surface area contributed by atoms with Crippen LogP contribution in [0.15, 0.2) is 103 Å². The number of aliphatic hydroxyl groups is 1. The van der Waals surface area contributed by atoms with Gasteiger partial charge < -0.3 is 94.4 Å². The second kappa shape index (κ2) is 40.7. The van der Waals surface area contributed by atoms with Gasteiger partial charge in [-0.3, -0.25) is 33.7 Å². The number of nitrogens with two attached hydrogens (primary N) is 1. The number of carbonyl (C=O) groups is 10. The first-order chi connectivity index (χ1) is 50.7. The average Bonchev–Trinajstić information content (AvgIpc) is 1.62. The minimum Gasteiger partial charge on any atom is -0.491 e. The number of alkyl carbamates (subject to hydrolysis) is 1. The Morgan fingerprint density at radius 2 is 1.48 bits per heavy atom. The van der Waals surface area contributed by atoms with Crippen LogP contribution in [-0.4, -0.2) is 234 Å². The number of halogens is 1. The molecular weight excluding hydrogens is 1390 g/mol. The number of aryl methyl sites for hydroxylation is 1. The van der Waals surface area contributed by atoms with E-state index < -0.39 is 77.5 Å². The van der Waals surface area contributed by atoms with Crippen LogP contribution in [0, 0.1) is 18.8 Å². The van der Waals surface area contributed by atoms with Crippen molar-refractivity contribution in [3.05, 3.63) is 131 Å². The fourth-order valence-electron chi connectivity index (χ4n) is 11.5. The molecule has 31 nitrogen and oxygen atoms in total. The lowest BCUT2D eigenvalue weighted by atomic mass is 9.89. The van der Waals surface area contributed by atoms with Crippen LogP contribution < -0.4 is 41.4 Å². The number of alkyl halides is 1. The summed E-state index contributed by atoms with van der Waals surface area (Å²) >= 11 is 6.70. The van der Waals surface area contributed by atoms with Gasteiger partial charge in [0.05, 0.1) is 96.2 Å². The normalized spacial score (nSPS) is 13.7. The Morgan fingerprint density at radius 1 is 0.781 bits per heavy atom. The van der Waals surface area contributed by atoms with Crippen LogP contribution >= 0.6 is 11.6 Å². The Balaban J connectivity index is 0.857. The number of hydrogen-bond acceptors (Lipinski definition) is 21. The van der Waals surface area contributed by atoms with E-state index in [0.717, 1.165) is 33.6 Å². The summed E-state index contributed by atoms with van der Waals surface area (Å²) in [5.41, 5.74) is 9.58. The molecule has 2 aliphatic rings. The number of imide groups is 1. The number of urea groups is 1. The summed E-state index contributed by atoms with van der Waals surface area (Å²) in [4.78, 5) is 144. The number of pyridine rings is 1. The minimum atomic E-state index is -1.08. The molecule has 2 aliphatic heterocycles. The number of rotatable bonds is 42. The molecule has 8 rings (SSSR count).